The molecule has 1 aliphatic rings. The molecule has 1 N–H and O–H groups in total. The molecule has 0 unspecified atom stereocenters. The second-order valence-electron chi connectivity index (χ2n) is 8.04. The van der Waals surface area contributed by atoms with E-state index in [0.29, 0.717) is 13.0 Å². The highest BCUT2D eigenvalue weighted by Gasteiger charge is 2.29. The van der Waals surface area contributed by atoms with E-state index in [1.807, 2.05) is 6.07 Å². The van der Waals surface area contributed by atoms with Crippen LogP contribution < -0.4 is 5.32 Å². The fourth-order valence-corrected chi connectivity index (χ4v) is 3.20. The van der Waals surface area contributed by atoms with Crippen molar-refractivity contribution in [2.75, 3.05) is 25.5 Å². The van der Waals surface area contributed by atoms with Gasteiger partial charge in [0.15, 0.2) is 0 Å². The van der Waals surface area contributed by atoms with Crippen LogP contribution in [0.4, 0.5) is 16.2 Å². The fourth-order valence-electron chi connectivity index (χ4n) is 3.20. The third-order valence-electron chi connectivity index (χ3n) is 4.53. The predicted octanol–water partition coefficient (Wildman–Crippen LogP) is 3.45. The summed E-state index contributed by atoms with van der Waals surface area (Å²) in [5.41, 5.74) is -1.14. The molecule has 1 fully saturated rings. The lowest BCUT2D eigenvalue weighted by Gasteiger charge is -2.29. The van der Waals surface area contributed by atoms with Gasteiger partial charge < -0.3 is 19.7 Å². The third kappa shape index (κ3) is 5.83. The van der Waals surface area contributed by atoms with Gasteiger partial charge in [0.05, 0.1) is 23.2 Å². The molecular weight excluding hydrogens is 392 g/mol. The van der Waals surface area contributed by atoms with Crippen molar-refractivity contribution in [3.05, 3.63) is 33.4 Å². The number of nitrogens with one attached hydrogen (secondary N) is 1. The summed E-state index contributed by atoms with van der Waals surface area (Å²) in [6, 6.07) is 3.91. The first-order valence-corrected chi connectivity index (χ1v) is 9.61. The lowest BCUT2D eigenvalue weighted by molar-refractivity contribution is -0.384. The lowest BCUT2D eigenvalue weighted by Crippen LogP contribution is -2.42. The Morgan fingerprint density at radius 1 is 1.33 bits per heavy atom. The molecule has 1 aromatic carbocycles. The Morgan fingerprint density at radius 3 is 2.60 bits per heavy atom. The van der Waals surface area contributed by atoms with E-state index in [2.05, 4.69) is 10.1 Å². The maximum Gasteiger partial charge on any atom is 0.410 e. The molecule has 0 bridgehead atoms. The summed E-state index contributed by atoms with van der Waals surface area (Å²) in [6.07, 6.45) is 1.77. The van der Waals surface area contributed by atoms with Gasteiger partial charge >= 0.3 is 12.1 Å². The number of hydrogen-bond donors (Lipinski definition) is 1. The molecule has 2 rings (SSSR count). The number of amides is 1. The largest absolute Gasteiger partial charge is 0.465 e. The Morgan fingerprint density at radius 2 is 2.03 bits per heavy atom. The van der Waals surface area contributed by atoms with E-state index < -0.39 is 28.3 Å². The number of nitro groups is 1. The summed E-state index contributed by atoms with van der Waals surface area (Å²) >= 11 is 0. The number of anilines is 1. The van der Waals surface area contributed by atoms with Crippen molar-refractivity contribution in [3.63, 3.8) is 0 Å². The van der Waals surface area contributed by atoms with Gasteiger partial charge in [-0.05, 0) is 46.1 Å². The molecule has 1 atom stereocenters. The molecule has 0 aromatic heterocycles. The molecular formula is C20H26N4O6. The minimum Gasteiger partial charge on any atom is -0.465 e. The molecule has 1 amide bonds. The highest BCUT2D eigenvalue weighted by atomic mass is 16.6. The van der Waals surface area contributed by atoms with E-state index in [1.54, 1.807) is 25.7 Å². The number of nitriles is 1. The number of methoxy groups -OCH3 is 1. The van der Waals surface area contributed by atoms with Crippen LogP contribution in [0.2, 0.25) is 0 Å². The van der Waals surface area contributed by atoms with Gasteiger partial charge in [-0.25, -0.2) is 9.59 Å². The molecule has 10 heteroatoms. The van der Waals surface area contributed by atoms with Gasteiger partial charge in [-0.15, -0.1) is 0 Å². The van der Waals surface area contributed by atoms with Crippen molar-refractivity contribution in [1.82, 2.24) is 4.90 Å². The van der Waals surface area contributed by atoms with Crippen LogP contribution >= 0.6 is 0 Å². The molecule has 0 spiro atoms. The summed E-state index contributed by atoms with van der Waals surface area (Å²) in [5.74, 6) is -0.772. The number of carbonyl (C=O) groups is 2. The normalized spacial score (nSPS) is 16.8. The van der Waals surface area contributed by atoms with Gasteiger partial charge in [-0.3, -0.25) is 10.1 Å². The molecule has 1 saturated heterocycles. The van der Waals surface area contributed by atoms with E-state index in [-0.39, 0.29) is 29.4 Å². The van der Waals surface area contributed by atoms with Crippen molar-refractivity contribution in [3.8, 4) is 6.07 Å². The van der Waals surface area contributed by atoms with Gasteiger partial charge in [0.25, 0.3) is 5.69 Å². The number of rotatable bonds is 4. The second kappa shape index (κ2) is 9.43. The Balaban J connectivity index is 2.33. The molecule has 30 heavy (non-hydrogen) atoms. The maximum atomic E-state index is 12.5. The molecule has 0 radical (unpaired) electrons. The van der Waals surface area contributed by atoms with Crippen LogP contribution in [0.1, 0.15) is 56.0 Å². The molecule has 1 heterocycles. The van der Waals surface area contributed by atoms with Gasteiger partial charge in [0, 0.05) is 25.2 Å². The average molecular weight is 418 g/mol. The Bertz CT molecular complexity index is 871. The van der Waals surface area contributed by atoms with Crippen molar-refractivity contribution in [2.24, 2.45) is 0 Å². The Kier molecular flexibility index (Phi) is 7.21. The van der Waals surface area contributed by atoms with Crippen molar-refractivity contribution >= 4 is 23.4 Å². The van der Waals surface area contributed by atoms with Gasteiger partial charge in [0.2, 0.25) is 0 Å². The van der Waals surface area contributed by atoms with Crippen LogP contribution in [0.5, 0.6) is 0 Å². The van der Waals surface area contributed by atoms with Crippen LogP contribution in [0.25, 0.3) is 0 Å². The Hall–Kier alpha value is -3.35. The zero-order valence-corrected chi connectivity index (χ0v) is 17.6. The minimum absolute atomic E-state index is 0.0196. The molecule has 10 nitrogen and oxygen atoms in total. The molecule has 162 valence electrons. The van der Waals surface area contributed by atoms with E-state index >= 15 is 0 Å². The maximum absolute atomic E-state index is 12.5. The average Bonchev–Trinajstić information content (AvgIpc) is 2.91. The van der Waals surface area contributed by atoms with Crippen molar-refractivity contribution < 1.29 is 24.0 Å². The number of likely N-dealkylation sites (tertiary alicyclic amines) is 1. The zero-order chi connectivity index (χ0) is 22.5. The predicted molar refractivity (Wildman–Crippen MR) is 108 cm³/mol. The highest BCUT2D eigenvalue weighted by molar-refractivity contribution is 5.92. The number of carbonyl (C=O) groups excluding carboxylic acids is 2. The summed E-state index contributed by atoms with van der Waals surface area (Å²) < 4.78 is 10.0. The number of hydrogen-bond acceptors (Lipinski definition) is 8. The number of nitrogens with zero attached hydrogens (tertiary/aromatic N) is 3. The number of esters is 1. The Labute approximate surface area is 174 Å². The summed E-state index contributed by atoms with van der Waals surface area (Å²) in [4.78, 5) is 36.8. The summed E-state index contributed by atoms with van der Waals surface area (Å²) in [6.45, 7) is 6.13. The number of benzene rings is 1. The minimum atomic E-state index is -0.772. The molecule has 1 aromatic rings. The smallest absolute Gasteiger partial charge is 0.410 e. The van der Waals surface area contributed by atoms with E-state index in [4.69, 9.17) is 4.74 Å². The summed E-state index contributed by atoms with van der Waals surface area (Å²) in [5, 5.41) is 24.2. The highest BCUT2D eigenvalue weighted by Crippen LogP contribution is 2.32. The molecule has 1 aliphatic heterocycles. The summed E-state index contributed by atoms with van der Waals surface area (Å²) in [7, 11) is 1.16. The quantitative estimate of drug-likeness (QED) is 0.446. The monoisotopic (exact) mass is 418 g/mol. The van der Waals surface area contributed by atoms with Crippen LogP contribution in [-0.4, -0.2) is 53.7 Å². The van der Waals surface area contributed by atoms with Crippen LogP contribution in [0.15, 0.2) is 12.1 Å². The number of ether oxygens (including phenoxy) is 2. The second-order valence-corrected chi connectivity index (χ2v) is 8.04. The molecule has 0 aliphatic carbocycles. The van der Waals surface area contributed by atoms with Crippen LogP contribution in [0, 0.1) is 21.4 Å². The third-order valence-corrected chi connectivity index (χ3v) is 4.53. The van der Waals surface area contributed by atoms with Gasteiger partial charge in [-0.2, -0.15) is 5.26 Å². The molecule has 0 saturated carbocycles. The SMILES string of the molecule is COC(=O)c1cc(C#N)c(N[C@H]2CCCCN(C(=O)OC(C)(C)C)C2)c([N+](=O)[O-])c1. The standard InChI is InChI=1S/C20H26N4O6/c1-20(2,3)30-19(26)23-8-6-5-7-15(12-23)22-17-14(11-21)9-13(18(25)29-4)10-16(17)24(27)28/h9-10,15,22H,5-8,12H2,1-4H3/t15-/m0/s1. The van der Waals surface area contributed by atoms with E-state index in [9.17, 15) is 25.0 Å². The fraction of sp³-hybridized carbons (Fsp3) is 0.550. The van der Waals surface area contributed by atoms with Crippen molar-refractivity contribution in [1.29, 1.82) is 5.26 Å². The van der Waals surface area contributed by atoms with Gasteiger partial charge in [-0.1, -0.05) is 0 Å². The first-order valence-electron chi connectivity index (χ1n) is 9.61. The zero-order valence-electron chi connectivity index (χ0n) is 17.6. The first kappa shape index (κ1) is 22.9. The van der Waals surface area contributed by atoms with Crippen LogP contribution in [-0.2, 0) is 9.47 Å². The number of nitro benzene ring substituents is 1. The van der Waals surface area contributed by atoms with E-state index in [0.717, 1.165) is 26.0 Å². The lowest BCUT2D eigenvalue weighted by atomic mass is 10.0. The topological polar surface area (TPSA) is 135 Å². The van der Waals surface area contributed by atoms with Crippen molar-refractivity contribution in [2.45, 2.75) is 51.7 Å². The van der Waals surface area contributed by atoms with E-state index in [1.165, 1.54) is 6.07 Å². The van der Waals surface area contributed by atoms with Gasteiger partial charge in [0.1, 0.15) is 17.4 Å². The first-order chi connectivity index (χ1) is 14.1. The van der Waals surface area contributed by atoms with Crippen LogP contribution in [0.3, 0.4) is 0 Å².